The van der Waals surface area contributed by atoms with E-state index in [1.807, 2.05) is 25.1 Å². The van der Waals surface area contributed by atoms with E-state index >= 15 is 0 Å². The molecule has 0 saturated carbocycles. The van der Waals surface area contributed by atoms with Gasteiger partial charge in [-0.1, -0.05) is 12.1 Å². The average molecular weight is 293 g/mol. The van der Waals surface area contributed by atoms with Crippen LogP contribution in [0.2, 0.25) is 0 Å². The van der Waals surface area contributed by atoms with Crippen LogP contribution in [0.4, 0.5) is 0 Å². The Bertz CT molecular complexity index is 699. The van der Waals surface area contributed by atoms with Gasteiger partial charge in [0.05, 0.1) is 11.8 Å². The molecular formula is C14H19N3O2S. The van der Waals surface area contributed by atoms with Gasteiger partial charge in [-0.05, 0) is 30.7 Å². The molecule has 1 aromatic heterocycles. The molecule has 1 heterocycles. The Kier molecular flexibility index (Phi) is 4.69. The molecule has 0 atom stereocenters. The molecule has 0 bridgehead atoms. The summed E-state index contributed by atoms with van der Waals surface area (Å²) in [4.78, 5) is 4.46. The van der Waals surface area contributed by atoms with E-state index in [1.165, 1.54) is 0 Å². The topological polar surface area (TPSA) is 71.1 Å². The van der Waals surface area contributed by atoms with Gasteiger partial charge in [0.25, 0.3) is 0 Å². The molecule has 0 unspecified atom stereocenters. The van der Waals surface area contributed by atoms with Gasteiger partial charge in [0.2, 0.25) is 10.0 Å². The zero-order chi connectivity index (χ0) is 14.6. The summed E-state index contributed by atoms with van der Waals surface area (Å²) in [5.74, 6) is 0. The first-order valence-corrected chi connectivity index (χ1v) is 8.35. The van der Waals surface area contributed by atoms with Crippen molar-refractivity contribution in [2.75, 3.05) is 19.3 Å². The number of aromatic nitrogens is 1. The Labute approximate surface area is 119 Å². The van der Waals surface area contributed by atoms with Gasteiger partial charge in [-0.15, -0.1) is 0 Å². The third-order valence-electron chi connectivity index (χ3n) is 2.89. The van der Waals surface area contributed by atoms with E-state index in [0.29, 0.717) is 19.6 Å². The quantitative estimate of drug-likeness (QED) is 0.785. The molecule has 0 fully saturated rings. The number of fused-ring (bicyclic) bond motifs is 1. The molecule has 0 aliphatic rings. The summed E-state index contributed by atoms with van der Waals surface area (Å²) in [5, 5.41) is 4.32. The second kappa shape index (κ2) is 6.30. The highest BCUT2D eigenvalue weighted by atomic mass is 32.2. The van der Waals surface area contributed by atoms with Gasteiger partial charge in [-0.3, -0.25) is 4.98 Å². The van der Waals surface area contributed by atoms with E-state index in [-0.39, 0.29) is 0 Å². The molecule has 2 rings (SSSR count). The van der Waals surface area contributed by atoms with Crippen molar-refractivity contribution in [3.63, 3.8) is 0 Å². The zero-order valence-corrected chi connectivity index (χ0v) is 12.5. The highest BCUT2D eigenvalue weighted by Crippen LogP contribution is 2.14. The van der Waals surface area contributed by atoms with Crippen molar-refractivity contribution < 1.29 is 8.42 Å². The van der Waals surface area contributed by atoms with Gasteiger partial charge in [0.1, 0.15) is 0 Å². The monoisotopic (exact) mass is 293 g/mol. The number of rotatable bonds is 6. The van der Waals surface area contributed by atoms with Gasteiger partial charge < -0.3 is 5.32 Å². The summed E-state index contributed by atoms with van der Waals surface area (Å²) >= 11 is 0. The molecule has 6 heteroatoms. The Morgan fingerprint density at radius 1 is 1.15 bits per heavy atom. The molecule has 20 heavy (non-hydrogen) atoms. The summed E-state index contributed by atoms with van der Waals surface area (Å²) in [5.41, 5.74) is 3.16. The van der Waals surface area contributed by atoms with Gasteiger partial charge >= 0.3 is 0 Å². The minimum atomic E-state index is -3.10. The molecule has 0 amide bonds. The number of benzene rings is 1. The Hall–Kier alpha value is -1.50. The number of nitrogens with zero attached hydrogens (tertiary/aromatic N) is 1. The molecule has 0 radical (unpaired) electrons. The Morgan fingerprint density at radius 3 is 2.70 bits per heavy atom. The minimum Gasteiger partial charge on any atom is -0.311 e. The van der Waals surface area contributed by atoms with E-state index in [2.05, 4.69) is 27.2 Å². The molecule has 0 spiro atoms. The third kappa shape index (κ3) is 4.56. The maximum Gasteiger partial charge on any atom is 0.208 e. The van der Waals surface area contributed by atoms with Crippen molar-refractivity contribution in [1.29, 1.82) is 0 Å². The molecule has 0 saturated heterocycles. The van der Waals surface area contributed by atoms with Crippen LogP contribution < -0.4 is 10.0 Å². The van der Waals surface area contributed by atoms with E-state index < -0.39 is 10.0 Å². The largest absolute Gasteiger partial charge is 0.311 e. The fraction of sp³-hybridized carbons (Fsp3) is 0.357. The average Bonchev–Trinajstić information content (AvgIpc) is 2.37. The normalized spacial score (nSPS) is 11.9. The van der Waals surface area contributed by atoms with Crippen LogP contribution in [0.5, 0.6) is 0 Å². The van der Waals surface area contributed by atoms with Crippen molar-refractivity contribution in [1.82, 2.24) is 15.0 Å². The number of pyridine rings is 1. The SMILES string of the molecule is Cc1ccc2cc(CNCCNS(C)(=O)=O)ccc2n1. The molecule has 108 valence electrons. The van der Waals surface area contributed by atoms with Gasteiger partial charge in [0.15, 0.2) is 0 Å². The van der Waals surface area contributed by atoms with Gasteiger partial charge in [0, 0.05) is 30.7 Å². The molecule has 0 aliphatic heterocycles. The highest BCUT2D eigenvalue weighted by molar-refractivity contribution is 7.88. The van der Waals surface area contributed by atoms with Crippen LogP contribution in [0.1, 0.15) is 11.3 Å². The number of aryl methyl sites for hydroxylation is 1. The number of hydrogen-bond donors (Lipinski definition) is 2. The number of sulfonamides is 1. The third-order valence-corrected chi connectivity index (χ3v) is 3.62. The van der Waals surface area contributed by atoms with Crippen LogP contribution >= 0.6 is 0 Å². The lowest BCUT2D eigenvalue weighted by molar-refractivity contribution is 0.582. The second-order valence-electron chi connectivity index (χ2n) is 4.82. The van der Waals surface area contributed by atoms with Gasteiger partial charge in [-0.25, -0.2) is 13.1 Å². The second-order valence-corrected chi connectivity index (χ2v) is 6.66. The Morgan fingerprint density at radius 2 is 1.95 bits per heavy atom. The van der Waals surface area contributed by atoms with E-state index in [0.717, 1.165) is 28.4 Å². The smallest absolute Gasteiger partial charge is 0.208 e. The minimum absolute atomic E-state index is 0.396. The highest BCUT2D eigenvalue weighted by Gasteiger charge is 2.00. The lowest BCUT2D eigenvalue weighted by Gasteiger charge is -2.07. The first-order valence-electron chi connectivity index (χ1n) is 6.46. The van der Waals surface area contributed by atoms with E-state index in [1.54, 1.807) is 0 Å². The van der Waals surface area contributed by atoms with Crippen LogP contribution in [0.3, 0.4) is 0 Å². The number of hydrogen-bond acceptors (Lipinski definition) is 4. The lowest BCUT2D eigenvalue weighted by Crippen LogP contribution is -2.30. The molecule has 2 aromatic rings. The maximum absolute atomic E-state index is 10.9. The van der Waals surface area contributed by atoms with E-state index in [9.17, 15) is 8.42 Å². The Balaban J connectivity index is 1.89. The first kappa shape index (κ1) is 14.9. The van der Waals surface area contributed by atoms with Crippen LogP contribution in [0, 0.1) is 6.92 Å². The molecule has 2 N–H and O–H groups in total. The van der Waals surface area contributed by atoms with E-state index in [4.69, 9.17) is 0 Å². The summed E-state index contributed by atoms with van der Waals surface area (Å²) in [6.07, 6.45) is 1.16. The summed E-state index contributed by atoms with van der Waals surface area (Å²) in [6.45, 7) is 3.67. The predicted octanol–water partition coefficient (Wildman–Crippen LogP) is 1.18. The summed E-state index contributed by atoms with van der Waals surface area (Å²) < 4.78 is 24.2. The van der Waals surface area contributed by atoms with Crippen molar-refractivity contribution in [2.45, 2.75) is 13.5 Å². The van der Waals surface area contributed by atoms with Crippen LogP contribution in [-0.2, 0) is 16.6 Å². The summed E-state index contributed by atoms with van der Waals surface area (Å²) in [6, 6.07) is 10.2. The maximum atomic E-state index is 10.9. The fourth-order valence-electron chi connectivity index (χ4n) is 1.94. The fourth-order valence-corrected chi connectivity index (χ4v) is 2.42. The predicted molar refractivity (Wildman–Crippen MR) is 81.0 cm³/mol. The first-order chi connectivity index (χ1) is 9.44. The molecular weight excluding hydrogens is 274 g/mol. The standard InChI is InChI=1S/C14H19N3O2S/c1-11-3-5-13-9-12(4-6-14(13)17-11)10-15-7-8-16-20(2,18)19/h3-6,9,15-16H,7-8,10H2,1-2H3. The zero-order valence-electron chi connectivity index (χ0n) is 11.7. The summed E-state index contributed by atoms with van der Waals surface area (Å²) in [7, 11) is -3.10. The molecule has 5 nitrogen and oxygen atoms in total. The van der Waals surface area contributed by atoms with Crippen molar-refractivity contribution >= 4 is 20.9 Å². The van der Waals surface area contributed by atoms with Gasteiger partial charge in [-0.2, -0.15) is 0 Å². The van der Waals surface area contributed by atoms with Crippen molar-refractivity contribution in [3.8, 4) is 0 Å². The van der Waals surface area contributed by atoms with Crippen LogP contribution in [-0.4, -0.2) is 32.7 Å². The number of nitrogens with one attached hydrogen (secondary N) is 2. The van der Waals surface area contributed by atoms with Crippen molar-refractivity contribution in [2.24, 2.45) is 0 Å². The molecule has 0 aliphatic carbocycles. The molecule has 1 aromatic carbocycles. The van der Waals surface area contributed by atoms with Crippen LogP contribution in [0.15, 0.2) is 30.3 Å². The van der Waals surface area contributed by atoms with Crippen LogP contribution in [0.25, 0.3) is 10.9 Å². The van der Waals surface area contributed by atoms with Crippen molar-refractivity contribution in [3.05, 3.63) is 41.6 Å². The lowest BCUT2D eigenvalue weighted by atomic mass is 10.1.